The third-order valence-corrected chi connectivity index (χ3v) is 5.32. The SMILES string of the molecule is CN=C(NCc1ccc(C#N)cc1F)NCC1(C)CCCS1. The topological polar surface area (TPSA) is 60.2 Å². The molecule has 0 amide bonds. The molecular formula is C16H21FN4S. The van der Waals surface area contributed by atoms with Crippen molar-refractivity contribution in [3.63, 3.8) is 0 Å². The summed E-state index contributed by atoms with van der Waals surface area (Å²) in [6.07, 6.45) is 2.46. The molecule has 0 aromatic heterocycles. The van der Waals surface area contributed by atoms with E-state index in [2.05, 4.69) is 22.5 Å². The molecular weight excluding hydrogens is 299 g/mol. The first-order chi connectivity index (χ1) is 10.6. The molecule has 4 nitrogen and oxygen atoms in total. The van der Waals surface area contributed by atoms with Gasteiger partial charge in [-0.1, -0.05) is 6.07 Å². The Morgan fingerprint density at radius 3 is 2.91 bits per heavy atom. The van der Waals surface area contributed by atoms with Crippen LogP contribution in [0.1, 0.15) is 30.9 Å². The maximum Gasteiger partial charge on any atom is 0.191 e. The molecule has 1 saturated heterocycles. The third-order valence-electron chi connectivity index (χ3n) is 3.78. The third kappa shape index (κ3) is 4.38. The van der Waals surface area contributed by atoms with Gasteiger partial charge in [0.2, 0.25) is 0 Å². The lowest BCUT2D eigenvalue weighted by Crippen LogP contribution is -2.43. The van der Waals surface area contributed by atoms with Gasteiger partial charge in [-0.05, 0) is 37.7 Å². The van der Waals surface area contributed by atoms with Gasteiger partial charge in [0.25, 0.3) is 0 Å². The van der Waals surface area contributed by atoms with E-state index in [0.717, 1.165) is 6.54 Å². The maximum atomic E-state index is 13.8. The zero-order chi connectivity index (χ0) is 16.0. The molecule has 2 N–H and O–H groups in total. The highest BCUT2D eigenvalue weighted by atomic mass is 32.2. The first-order valence-corrected chi connectivity index (χ1v) is 8.32. The molecule has 1 fully saturated rings. The van der Waals surface area contributed by atoms with Crippen LogP contribution in [-0.4, -0.2) is 30.1 Å². The summed E-state index contributed by atoms with van der Waals surface area (Å²) in [5.74, 6) is 1.50. The van der Waals surface area contributed by atoms with Gasteiger partial charge in [-0.25, -0.2) is 4.39 Å². The molecule has 1 aromatic rings. The predicted octanol–water partition coefficient (Wildman–Crippen LogP) is 2.65. The summed E-state index contributed by atoms with van der Waals surface area (Å²) in [6, 6.07) is 6.43. The van der Waals surface area contributed by atoms with Crippen LogP contribution in [0, 0.1) is 17.1 Å². The summed E-state index contributed by atoms with van der Waals surface area (Å²) >= 11 is 1.98. The average molecular weight is 320 g/mol. The molecule has 0 aliphatic carbocycles. The smallest absolute Gasteiger partial charge is 0.191 e. The molecule has 22 heavy (non-hydrogen) atoms. The maximum absolute atomic E-state index is 13.8. The molecule has 1 atom stereocenters. The quantitative estimate of drug-likeness (QED) is 0.661. The van der Waals surface area contributed by atoms with Crippen molar-refractivity contribution in [3.8, 4) is 6.07 Å². The predicted molar refractivity (Wildman–Crippen MR) is 89.4 cm³/mol. The summed E-state index contributed by atoms with van der Waals surface area (Å²) in [4.78, 5) is 4.17. The Morgan fingerprint density at radius 2 is 2.32 bits per heavy atom. The Bertz CT molecular complexity index is 588. The number of thioether (sulfide) groups is 1. The van der Waals surface area contributed by atoms with Crippen molar-refractivity contribution in [1.82, 2.24) is 10.6 Å². The number of halogens is 1. The summed E-state index contributed by atoms with van der Waals surface area (Å²) in [5.41, 5.74) is 0.846. The second-order valence-corrected chi connectivity index (χ2v) is 7.28. The van der Waals surface area contributed by atoms with E-state index in [4.69, 9.17) is 5.26 Å². The number of hydrogen-bond acceptors (Lipinski definition) is 3. The van der Waals surface area contributed by atoms with Gasteiger partial charge in [0.1, 0.15) is 5.82 Å². The van der Waals surface area contributed by atoms with Crippen LogP contribution in [0.25, 0.3) is 0 Å². The summed E-state index contributed by atoms with van der Waals surface area (Å²) in [5, 5.41) is 15.2. The van der Waals surface area contributed by atoms with E-state index in [9.17, 15) is 4.39 Å². The summed E-state index contributed by atoms with van der Waals surface area (Å²) in [6.45, 7) is 3.43. The second-order valence-electron chi connectivity index (χ2n) is 5.60. The zero-order valence-corrected chi connectivity index (χ0v) is 13.8. The fourth-order valence-corrected chi connectivity index (χ4v) is 3.65. The number of nitrogens with zero attached hydrogens (tertiary/aromatic N) is 2. The van der Waals surface area contributed by atoms with E-state index in [0.29, 0.717) is 23.6 Å². The zero-order valence-electron chi connectivity index (χ0n) is 12.9. The van der Waals surface area contributed by atoms with Crippen LogP contribution in [0.4, 0.5) is 4.39 Å². The molecule has 1 aliphatic heterocycles. The van der Waals surface area contributed by atoms with Gasteiger partial charge in [0, 0.05) is 30.4 Å². The number of benzene rings is 1. The standard InChI is InChI=1S/C16H21FN4S/c1-16(6-3-7-22-16)11-21-15(19-2)20-10-13-5-4-12(9-18)8-14(13)17/h4-5,8H,3,6-7,10-11H2,1-2H3,(H2,19,20,21). The summed E-state index contributed by atoms with van der Waals surface area (Å²) in [7, 11) is 1.70. The normalized spacial score (nSPS) is 21.5. The monoisotopic (exact) mass is 320 g/mol. The number of nitriles is 1. The minimum Gasteiger partial charge on any atom is -0.355 e. The fraction of sp³-hybridized carbons (Fsp3) is 0.500. The molecule has 0 bridgehead atoms. The van der Waals surface area contributed by atoms with Gasteiger partial charge < -0.3 is 10.6 Å². The molecule has 0 radical (unpaired) electrons. The van der Waals surface area contributed by atoms with E-state index in [1.54, 1.807) is 19.2 Å². The van der Waals surface area contributed by atoms with Crippen LogP contribution in [0.2, 0.25) is 0 Å². The van der Waals surface area contributed by atoms with Crippen molar-refractivity contribution in [1.29, 1.82) is 5.26 Å². The van der Waals surface area contributed by atoms with Gasteiger partial charge >= 0.3 is 0 Å². The average Bonchev–Trinajstić information content (AvgIpc) is 2.95. The number of rotatable bonds is 4. The number of aliphatic imine (C=N–C) groups is 1. The van der Waals surface area contributed by atoms with Crippen molar-refractivity contribution in [3.05, 3.63) is 35.1 Å². The molecule has 1 aromatic carbocycles. The Balaban J connectivity index is 1.87. The lowest BCUT2D eigenvalue weighted by Gasteiger charge is -2.24. The van der Waals surface area contributed by atoms with E-state index < -0.39 is 0 Å². The van der Waals surface area contributed by atoms with E-state index in [1.165, 1.54) is 24.7 Å². The van der Waals surface area contributed by atoms with Crippen molar-refractivity contribution in [2.75, 3.05) is 19.3 Å². The van der Waals surface area contributed by atoms with Crippen molar-refractivity contribution in [2.24, 2.45) is 4.99 Å². The van der Waals surface area contributed by atoms with E-state index in [-0.39, 0.29) is 10.6 Å². The van der Waals surface area contributed by atoms with Gasteiger partial charge in [-0.2, -0.15) is 17.0 Å². The van der Waals surface area contributed by atoms with Gasteiger partial charge in [0.15, 0.2) is 5.96 Å². The minimum atomic E-state index is -0.375. The Hall–Kier alpha value is -1.74. The number of guanidine groups is 1. The van der Waals surface area contributed by atoms with Crippen molar-refractivity contribution >= 4 is 17.7 Å². The minimum absolute atomic E-state index is 0.247. The van der Waals surface area contributed by atoms with E-state index >= 15 is 0 Å². The molecule has 2 rings (SSSR count). The van der Waals surface area contributed by atoms with Crippen molar-refractivity contribution < 1.29 is 4.39 Å². The highest BCUT2D eigenvalue weighted by molar-refractivity contribution is 8.00. The van der Waals surface area contributed by atoms with E-state index in [1.807, 2.05) is 17.8 Å². The Morgan fingerprint density at radius 1 is 1.50 bits per heavy atom. The van der Waals surface area contributed by atoms with Gasteiger partial charge in [0.05, 0.1) is 11.6 Å². The molecule has 6 heteroatoms. The van der Waals surface area contributed by atoms with Crippen LogP contribution in [-0.2, 0) is 6.54 Å². The van der Waals surface area contributed by atoms with Crippen LogP contribution in [0.3, 0.4) is 0 Å². The van der Waals surface area contributed by atoms with Crippen LogP contribution >= 0.6 is 11.8 Å². The Labute approximate surface area is 135 Å². The molecule has 118 valence electrons. The van der Waals surface area contributed by atoms with Crippen LogP contribution < -0.4 is 10.6 Å². The molecule has 1 unspecified atom stereocenters. The molecule has 1 heterocycles. The lowest BCUT2D eigenvalue weighted by atomic mass is 10.1. The van der Waals surface area contributed by atoms with Crippen LogP contribution in [0.5, 0.6) is 0 Å². The molecule has 1 aliphatic rings. The van der Waals surface area contributed by atoms with Crippen LogP contribution in [0.15, 0.2) is 23.2 Å². The largest absolute Gasteiger partial charge is 0.355 e. The highest BCUT2D eigenvalue weighted by Crippen LogP contribution is 2.36. The number of nitrogens with one attached hydrogen (secondary N) is 2. The second kappa shape index (κ2) is 7.50. The highest BCUT2D eigenvalue weighted by Gasteiger charge is 2.29. The van der Waals surface area contributed by atoms with Gasteiger partial charge in [-0.3, -0.25) is 4.99 Å². The van der Waals surface area contributed by atoms with Gasteiger partial charge in [-0.15, -0.1) is 0 Å². The summed E-state index contributed by atoms with van der Waals surface area (Å²) < 4.78 is 14.1. The number of hydrogen-bond donors (Lipinski definition) is 2. The van der Waals surface area contributed by atoms with Crippen molar-refractivity contribution in [2.45, 2.75) is 31.1 Å². The lowest BCUT2D eigenvalue weighted by molar-refractivity contribution is 0.580. The molecule has 0 spiro atoms. The first kappa shape index (κ1) is 16.6. The first-order valence-electron chi connectivity index (χ1n) is 7.33. The fourth-order valence-electron chi connectivity index (χ4n) is 2.41. The molecule has 0 saturated carbocycles. The Kier molecular flexibility index (Phi) is 5.67.